The van der Waals surface area contributed by atoms with Gasteiger partial charge in [0.1, 0.15) is 0 Å². The molecule has 1 N–H and O–H groups in total. The van der Waals surface area contributed by atoms with E-state index in [2.05, 4.69) is 10.3 Å². The van der Waals surface area contributed by atoms with Gasteiger partial charge in [-0.25, -0.2) is 0 Å². The van der Waals surface area contributed by atoms with Gasteiger partial charge in [0.05, 0.1) is 12.3 Å². The first-order valence-corrected chi connectivity index (χ1v) is 4.57. The molecule has 1 amide bonds. The van der Waals surface area contributed by atoms with Gasteiger partial charge in [-0.3, -0.25) is 9.78 Å². The van der Waals surface area contributed by atoms with Crippen LogP contribution in [0.25, 0.3) is 0 Å². The van der Waals surface area contributed by atoms with Gasteiger partial charge < -0.3 is 10.1 Å². The first-order valence-electron chi connectivity index (χ1n) is 4.57. The summed E-state index contributed by atoms with van der Waals surface area (Å²) in [6.07, 6.45) is 1.66. The summed E-state index contributed by atoms with van der Waals surface area (Å²) in [5.41, 5.74) is -0.281. The van der Waals surface area contributed by atoms with E-state index >= 15 is 0 Å². The molecule has 4 heteroatoms. The van der Waals surface area contributed by atoms with E-state index in [0.717, 1.165) is 0 Å². The van der Waals surface area contributed by atoms with E-state index in [1.54, 1.807) is 19.2 Å². The van der Waals surface area contributed by atoms with Crippen molar-refractivity contribution in [3.8, 4) is 0 Å². The SMILES string of the molecule is CC1(c2ccccn2)OCCNC1=O. The van der Waals surface area contributed by atoms with E-state index in [-0.39, 0.29) is 5.91 Å². The summed E-state index contributed by atoms with van der Waals surface area (Å²) in [5, 5.41) is 2.77. The Morgan fingerprint density at radius 1 is 1.57 bits per heavy atom. The summed E-state index contributed by atoms with van der Waals surface area (Å²) >= 11 is 0. The van der Waals surface area contributed by atoms with Gasteiger partial charge in [0, 0.05) is 12.7 Å². The molecule has 2 heterocycles. The Morgan fingerprint density at radius 3 is 3.07 bits per heavy atom. The highest BCUT2D eigenvalue weighted by molar-refractivity contribution is 5.86. The first-order chi connectivity index (χ1) is 6.73. The molecule has 1 fully saturated rings. The fourth-order valence-electron chi connectivity index (χ4n) is 1.49. The number of rotatable bonds is 1. The van der Waals surface area contributed by atoms with Crippen LogP contribution in [0.3, 0.4) is 0 Å². The minimum absolute atomic E-state index is 0.123. The number of pyridine rings is 1. The molecule has 1 atom stereocenters. The van der Waals surface area contributed by atoms with Crippen molar-refractivity contribution in [1.29, 1.82) is 0 Å². The molecule has 1 saturated heterocycles. The van der Waals surface area contributed by atoms with E-state index < -0.39 is 5.60 Å². The number of amides is 1. The largest absolute Gasteiger partial charge is 0.357 e. The Morgan fingerprint density at radius 2 is 2.43 bits per heavy atom. The summed E-state index contributed by atoms with van der Waals surface area (Å²) in [6, 6.07) is 5.46. The fraction of sp³-hybridized carbons (Fsp3) is 0.400. The van der Waals surface area contributed by atoms with Gasteiger partial charge >= 0.3 is 0 Å². The van der Waals surface area contributed by atoms with Gasteiger partial charge in [-0.15, -0.1) is 0 Å². The van der Waals surface area contributed by atoms with Crippen LogP contribution in [0, 0.1) is 0 Å². The van der Waals surface area contributed by atoms with E-state index in [0.29, 0.717) is 18.8 Å². The molecule has 0 aromatic carbocycles. The van der Waals surface area contributed by atoms with Crippen molar-refractivity contribution in [3.63, 3.8) is 0 Å². The smallest absolute Gasteiger partial charge is 0.258 e. The van der Waals surface area contributed by atoms with Crippen molar-refractivity contribution in [2.75, 3.05) is 13.2 Å². The third kappa shape index (κ3) is 1.37. The highest BCUT2D eigenvalue weighted by atomic mass is 16.5. The van der Waals surface area contributed by atoms with Crippen LogP contribution in [0.1, 0.15) is 12.6 Å². The lowest BCUT2D eigenvalue weighted by Gasteiger charge is -2.32. The number of ether oxygens (including phenoxy) is 1. The van der Waals surface area contributed by atoms with Crippen LogP contribution in [0.5, 0.6) is 0 Å². The Labute approximate surface area is 82.3 Å². The Kier molecular flexibility index (Phi) is 2.21. The van der Waals surface area contributed by atoms with Gasteiger partial charge in [0.25, 0.3) is 5.91 Å². The molecule has 1 aliphatic rings. The maximum atomic E-state index is 11.6. The first kappa shape index (κ1) is 9.15. The van der Waals surface area contributed by atoms with Crippen molar-refractivity contribution in [3.05, 3.63) is 30.1 Å². The van der Waals surface area contributed by atoms with Crippen molar-refractivity contribution >= 4 is 5.91 Å². The average Bonchev–Trinajstić information content (AvgIpc) is 2.24. The van der Waals surface area contributed by atoms with E-state index in [1.165, 1.54) is 0 Å². The van der Waals surface area contributed by atoms with Gasteiger partial charge in [0.15, 0.2) is 5.60 Å². The molecular weight excluding hydrogens is 180 g/mol. The molecule has 1 aliphatic heterocycles. The Bertz CT molecular complexity index is 339. The molecule has 1 aromatic rings. The number of carbonyl (C=O) groups excluding carboxylic acids is 1. The van der Waals surface area contributed by atoms with E-state index in [4.69, 9.17) is 4.74 Å². The molecule has 4 nitrogen and oxygen atoms in total. The molecule has 2 rings (SSSR count). The predicted octanol–water partition coefficient (Wildman–Crippen LogP) is 0.443. The lowest BCUT2D eigenvalue weighted by molar-refractivity contribution is -0.154. The minimum atomic E-state index is -0.931. The molecule has 0 radical (unpaired) electrons. The summed E-state index contributed by atoms with van der Waals surface area (Å²) in [6.45, 7) is 2.84. The third-order valence-electron chi connectivity index (χ3n) is 2.37. The van der Waals surface area contributed by atoms with Crippen LogP contribution in [0.15, 0.2) is 24.4 Å². The summed E-state index contributed by atoms with van der Waals surface area (Å²) in [7, 11) is 0. The van der Waals surface area contributed by atoms with Crippen LogP contribution in [0.2, 0.25) is 0 Å². The van der Waals surface area contributed by atoms with Crippen LogP contribution in [0.4, 0.5) is 0 Å². The molecule has 14 heavy (non-hydrogen) atoms. The average molecular weight is 192 g/mol. The lowest BCUT2D eigenvalue weighted by atomic mass is 9.99. The highest BCUT2D eigenvalue weighted by Gasteiger charge is 2.39. The van der Waals surface area contributed by atoms with E-state index in [9.17, 15) is 4.79 Å². The van der Waals surface area contributed by atoms with Crippen LogP contribution < -0.4 is 5.32 Å². The number of nitrogens with one attached hydrogen (secondary N) is 1. The zero-order valence-electron chi connectivity index (χ0n) is 7.99. The molecule has 0 spiro atoms. The Hall–Kier alpha value is -1.42. The fourth-order valence-corrected chi connectivity index (χ4v) is 1.49. The lowest BCUT2D eigenvalue weighted by Crippen LogP contribution is -2.51. The number of nitrogens with zero attached hydrogens (tertiary/aromatic N) is 1. The van der Waals surface area contributed by atoms with Crippen LogP contribution in [-0.4, -0.2) is 24.0 Å². The highest BCUT2D eigenvalue weighted by Crippen LogP contribution is 2.25. The van der Waals surface area contributed by atoms with Crippen molar-refractivity contribution in [1.82, 2.24) is 10.3 Å². The number of aromatic nitrogens is 1. The molecule has 1 unspecified atom stereocenters. The number of morpholine rings is 1. The van der Waals surface area contributed by atoms with E-state index in [1.807, 2.05) is 12.1 Å². The second-order valence-corrected chi connectivity index (χ2v) is 3.35. The molecule has 1 aromatic heterocycles. The van der Waals surface area contributed by atoms with Gasteiger partial charge in [-0.1, -0.05) is 6.07 Å². The topological polar surface area (TPSA) is 51.2 Å². The normalized spacial score (nSPS) is 27.1. The van der Waals surface area contributed by atoms with Crippen molar-refractivity contribution < 1.29 is 9.53 Å². The molecule has 0 saturated carbocycles. The predicted molar refractivity (Wildman–Crippen MR) is 50.6 cm³/mol. The van der Waals surface area contributed by atoms with Gasteiger partial charge in [-0.2, -0.15) is 0 Å². The second kappa shape index (κ2) is 3.38. The summed E-state index contributed by atoms with van der Waals surface area (Å²) in [4.78, 5) is 15.8. The van der Waals surface area contributed by atoms with Crippen molar-refractivity contribution in [2.45, 2.75) is 12.5 Å². The maximum Gasteiger partial charge on any atom is 0.258 e. The monoisotopic (exact) mass is 192 g/mol. The van der Waals surface area contributed by atoms with Crippen LogP contribution >= 0.6 is 0 Å². The minimum Gasteiger partial charge on any atom is -0.357 e. The molecule has 0 bridgehead atoms. The van der Waals surface area contributed by atoms with Gasteiger partial charge in [0.2, 0.25) is 0 Å². The van der Waals surface area contributed by atoms with Crippen LogP contribution in [-0.2, 0) is 15.1 Å². The second-order valence-electron chi connectivity index (χ2n) is 3.35. The van der Waals surface area contributed by atoms with Gasteiger partial charge in [-0.05, 0) is 19.1 Å². The number of hydrogen-bond acceptors (Lipinski definition) is 3. The standard InChI is InChI=1S/C10H12N2O2/c1-10(8-4-2-3-5-11-8)9(13)12-6-7-14-10/h2-5H,6-7H2,1H3,(H,12,13). The maximum absolute atomic E-state index is 11.6. The molecule has 74 valence electrons. The molecule has 0 aliphatic carbocycles. The third-order valence-corrected chi connectivity index (χ3v) is 2.37. The number of carbonyl (C=O) groups is 1. The molecular formula is C10H12N2O2. The summed E-state index contributed by atoms with van der Waals surface area (Å²) in [5.74, 6) is -0.123. The zero-order valence-corrected chi connectivity index (χ0v) is 7.99. The van der Waals surface area contributed by atoms with Crippen molar-refractivity contribution in [2.24, 2.45) is 0 Å². The summed E-state index contributed by atoms with van der Waals surface area (Å²) < 4.78 is 5.49. The number of hydrogen-bond donors (Lipinski definition) is 1. The zero-order chi connectivity index (χ0) is 10.0. The quantitative estimate of drug-likeness (QED) is 0.702. The Balaban J connectivity index is 2.35.